The van der Waals surface area contributed by atoms with Crippen LogP contribution in [-0.2, 0) is 27.2 Å². The number of hydrogen-bond donors (Lipinski definition) is 3. The third-order valence-corrected chi connectivity index (χ3v) is 4.54. The summed E-state index contributed by atoms with van der Waals surface area (Å²) in [7, 11) is 1.38. The highest BCUT2D eigenvalue weighted by Crippen LogP contribution is 2.25. The second-order valence-corrected chi connectivity index (χ2v) is 6.86. The Morgan fingerprint density at radius 3 is 2.29 bits per heavy atom. The predicted molar refractivity (Wildman–Crippen MR) is 112 cm³/mol. The number of nitro groups is 1. The Hall–Kier alpha value is -3.95. The highest BCUT2D eigenvalue weighted by atomic mass is 16.6. The molecule has 4 N–H and O–H groups in total. The molecule has 31 heavy (non-hydrogen) atoms. The summed E-state index contributed by atoms with van der Waals surface area (Å²) in [6.07, 6.45) is 0.0852. The largest absolute Gasteiger partial charge is 0.496 e. The van der Waals surface area contributed by atoms with E-state index in [0.717, 1.165) is 5.56 Å². The number of nitrogens with zero attached hydrogens (tertiary/aromatic N) is 1. The molecule has 10 heteroatoms. The van der Waals surface area contributed by atoms with Gasteiger partial charge in [-0.15, -0.1) is 0 Å². The predicted octanol–water partition coefficient (Wildman–Crippen LogP) is 0.863. The number of carbonyl (C=O) groups is 3. The van der Waals surface area contributed by atoms with E-state index in [1.165, 1.54) is 32.2 Å². The SMILES string of the molecule is COc1ccc([N+](=O)[O-])cc1C[C@H](NC(=O)[C@H](Cc1ccccc1)NC(C)=O)C(N)=O. The van der Waals surface area contributed by atoms with Gasteiger partial charge in [0.05, 0.1) is 12.0 Å². The maximum Gasteiger partial charge on any atom is 0.269 e. The molecule has 0 radical (unpaired) electrons. The number of hydrogen-bond acceptors (Lipinski definition) is 6. The zero-order chi connectivity index (χ0) is 23.0. The summed E-state index contributed by atoms with van der Waals surface area (Å²) in [6.45, 7) is 1.28. The Bertz CT molecular complexity index is 964. The first-order valence-electron chi connectivity index (χ1n) is 9.43. The third-order valence-electron chi connectivity index (χ3n) is 4.54. The molecule has 3 amide bonds. The van der Waals surface area contributed by atoms with Crippen LogP contribution in [0.4, 0.5) is 5.69 Å². The molecule has 2 rings (SSSR count). The van der Waals surface area contributed by atoms with Gasteiger partial charge in [-0.3, -0.25) is 24.5 Å². The Labute approximate surface area is 178 Å². The molecule has 0 aliphatic carbocycles. The van der Waals surface area contributed by atoms with Crippen LogP contribution in [0.2, 0.25) is 0 Å². The van der Waals surface area contributed by atoms with Crippen molar-refractivity contribution in [3.63, 3.8) is 0 Å². The Balaban J connectivity index is 2.23. The highest BCUT2D eigenvalue weighted by molar-refractivity contribution is 5.91. The first-order chi connectivity index (χ1) is 14.7. The van der Waals surface area contributed by atoms with Crippen LogP contribution in [0.3, 0.4) is 0 Å². The van der Waals surface area contributed by atoms with Crippen molar-refractivity contribution in [3.8, 4) is 5.75 Å². The van der Waals surface area contributed by atoms with Crippen LogP contribution >= 0.6 is 0 Å². The van der Waals surface area contributed by atoms with Crippen LogP contribution in [0.15, 0.2) is 48.5 Å². The van der Waals surface area contributed by atoms with Gasteiger partial charge in [0.15, 0.2) is 0 Å². The quantitative estimate of drug-likeness (QED) is 0.377. The lowest BCUT2D eigenvalue weighted by molar-refractivity contribution is -0.384. The van der Waals surface area contributed by atoms with Crippen LogP contribution in [-0.4, -0.2) is 41.8 Å². The number of non-ortho nitro benzene ring substituents is 1. The zero-order valence-corrected chi connectivity index (χ0v) is 17.2. The molecule has 10 nitrogen and oxygen atoms in total. The lowest BCUT2D eigenvalue weighted by atomic mass is 10.0. The van der Waals surface area contributed by atoms with Gasteiger partial charge in [-0.2, -0.15) is 0 Å². The summed E-state index contributed by atoms with van der Waals surface area (Å²) < 4.78 is 5.20. The van der Waals surface area contributed by atoms with Gasteiger partial charge in [0, 0.05) is 37.5 Å². The molecule has 0 heterocycles. The summed E-state index contributed by atoms with van der Waals surface area (Å²) in [6, 6.07) is 10.9. The third kappa shape index (κ3) is 6.81. The van der Waals surface area contributed by atoms with Crippen molar-refractivity contribution in [1.82, 2.24) is 10.6 Å². The molecule has 0 aliphatic rings. The van der Waals surface area contributed by atoms with Crippen molar-refractivity contribution in [1.29, 1.82) is 0 Å². The fourth-order valence-corrected chi connectivity index (χ4v) is 3.06. The number of ether oxygens (including phenoxy) is 1. The molecule has 0 unspecified atom stereocenters. The molecule has 0 saturated carbocycles. The lowest BCUT2D eigenvalue weighted by Crippen LogP contribution is -2.54. The minimum Gasteiger partial charge on any atom is -0.496 e. The molecular weight excluding hydrogens is 404 g/mol. The highest BCUT2D eigenvalue weighted by Gasteiger charge is 2.27. The molecule has 0 saturated heterocycles. The van der Waals surface area contributed by atoms with Gasteiger partial charge in [0.25, 0.3) is 5.69 Å². The minimum absolute atomic E-state index is 0.121. The first kappa shape index (κ1) is 23.3. The number of carbonyl (C=O) groups excluding carboxylic acids is 3. The zero-order valence-electron chi connectivity index (χ0n) is 17.2. The Kier molecular flexibility index (Phi) is 8.07. The van der Waals surface area contributed by atoms with Crippen molar-refractivity contribution in [2.75, 3.05) is 7.11 Å². The number of nitrogens with one attached hydrogen (secondary N) is 2. The number of nitrogens with two attached hydrogens (primary N) is 1. The van der Waals surface area contributed by atoms with E-state index in [1.807, 2.05) is 18.2 Å². The summed E-state index contributed by atoms with van der Waals surface area (Å²) in [5.41, 5.74) is 6.42. The fraction of sp³-hybridized carbons (Fsp3) is 0.286. The molecule has 0 fully saturated rings. The van der Waals surface area contributed by atoms with E-state index in [2.05, 4.69) is 10.6 Å². The Morgan fingerprint density at radius 1 is 1.06 bits per heavy atom. The van der Waals surface area contributed by atoms with Gasteiger partial charge < -0.3 is 21.1 Å². The van der Waals surface area contributed by atoms with Crippen molar-refractivity contribution in [2.24, 2.45) is 5.73 Å². The van der Waals surface area contributed by atoms with Crippen LogP contribution in [0.5, 0.6) is 5.75 Å². The average Bonchev–Trinajstić information content (AvgIpc) is 2.72. The lowest BCUT2D eigenvalue weighted by Gasteiger charge is -2.22. The van der Waals surface area contributed by atoms with E-state index in [0.29, 0.717) is 11.3 Å². The second kappa shape index (κ2) is 10.7. The Morgan fingerprint density at radius 2 is 1.74 bits per heavy atom. The van der Waals surface area contributed by atoms with E-state index in [1.54, 1.807) is 12.1 Å². The smallest absolute Gasteiger partial charge is 0.269 e. The summed E-state index contributed by atoms with van der Waals surface area (Å²) in [5.74, 6) is -1.53. The number of benzene rings is 2. The average molecular weight is 428 g/mol. The van der Waals surface area contributed by atoms with Crippen molar-refractivity contribution in [2.45, 2.75) is 31.8 Å². The summed E-state index contributed by atoms with van der Waals surface area (Å²) in [4.78, 5) is 46.9. The number of methoxy groups -OCH3 is 1. The van der Waals surface area contributed by atoms with Crippen LogP contribution in [0.25, 0.3) is 0 Å². The van der Waals surface area contributed by atoms with Crippen molar-refractivity contribution in [3.05, 3.63) is 69.8 Å². The number of primary amides is 1. The standard InChI is InChI=1S/C21H24N4O6/c1-13(26)23-18(10-14-6-4-3-5-7-14)21(28)24-17(20(22)27)12-15-11-16(25(29)30)8-9-19(15)31-2/h3-9,11,17-18H,10,12H2,1-2H3,(H2,22,27)(H,23,26)(H,24,28)/t17-,18-/m0/s1. The minimum atomic E-state index is -1.17. The van der Waals surface area contributed by atoms with Gasteiger partial charge >= 0.3 is 0 Å². The van der Waals surface area contributed by atoms with Gasteiger partial charge in [0.1, 0.15) is 17.8 Å². The van der Waals surface area contributed by atoms with E-state index < -0.39 is 34.7 Å². The molecule has 0 aromatic heterocycles. The van der Waals surface area contributed by atoms with Gasteiger partial charge in [-0.25, -0.2) is 0 Å². The number of amides is 3. The molecule has 0 aliphatic heterocycles. The fourth-order valence-electron chi connectivity index (χ4n) is 3.06. The second-order valence-electron chi connectivity index (χ2n) is 6.86. The van der Waals surface area contributed by atoms with Crippen molar-refractivity contribution < 1.29 is 24.0 Å². The van der Waals surface area contributed by atoms with Gasteiger partial charge in [-0.05, 0) is 11.6 Å². The normalized spacial score (nSPS) is 12.3. The van der Waals surface area contributed by atoms with Crippen LogP contribution < -0.4 is 21.1 Å². The monoisotopic (exact) mass is 428 g/mol. The van der Waals surface area contributed by atoms with Gasteiger partial charge in [-0.1, -0.05) is 30.3 Å². The molecule has 2 aromatic rings. The first-order valence-corrected chi connectivity index (χ1v) is 9.43. The maximum absolute atomic E-state index is 12.8. The maximum atomic E-state index is 12.8. The molecule has 0 spiro atoms. The summed E-state index contributed by atoms with van der Waals surface area (Å²) in [5, 5.41) is 16.2. The topological polar surface area (TPSA) is 154 Å². The van der Waals surface area contributed by atoms with Crippen LogP contribution in [0.1, 0.15) is 18.1 Å². The van der Waals surface area contributed by atoms with Crippen molar-refractivity contribution >= 4 is 23.4 Å². The van der Waals surface area contributed by atoms with E-state index in [-0.39, 0.29) is 18.5 Å². The van der Waals surface area contributed by atoms with E-state index in [4.69, 9.17) is 10.5 Å². The van der Waals surface area contributed by atoms with Crippen LogP contribution in [0, 0.1) is 10.1 Å². The molecule has 164 valence electrons. The number of nitro benzene ring substituents is 1. The number of rotatable bonds is 10. The van der Waals surface area contributed by atoms with E-state index >= 15 is 0 Å². The van der Waals surface area contributed by atoms with Gasteiger partial charge in [0.2, 0.25) is 17.7 Å². The molecule has 0 bridgehead atoms. The molecule has 2 aromatic carbocycles. The summed E-state index contributed by atoms with van der Waals surface area (Å²) >= 11 is 0. The molecular formula is C21H24N4O6. The molecule has 2 atom stereocenters. The van der Waals surface area contributed by atoms with E-state index in [9.17, 15) is 24.5 Å².